The molecule has 0 radical (unpaired) electrons. The van der Waals surface area contributed by atoms with Crippen molar-refractivity contribution in [2.45, 2.75) is 39.2 Å². The number of piperidine rings is 1. The zero-order valence-electron chi connectivity index (χ0n) is 19.1. The summed E-state index contributed by atoms with van der Waals surface area (Å²) in [5, 5.41) is 11.6. The van der Waals surface area contributed by atoms with Crippen LogP contribution in [0.4, 0.5) is 19.7 Å². The summed E-state index contributed by atoms with van der Waals surface area (Å²) in [5.41, 5.74) is 1.51. The first-order chi connectivity index (χ1) is 15.6. The molecule has 1 N–H and O–H groups in total. The van der Waals surface area contributed by atoms with Gasteiger partial charge in [0, 0.05) is 18.7 Å². The summed E-state index contributed by atoms with van der Waals surface area (Å²) in [6.45, 7) is 6.81. The third kappa shape index (κ3) is 6.94. The fraction of sp³-hybridized carbons (Fsp3) is 0.400. The molecule has 33 heavy (non-hydrogen) atoms. The van der Waals surface area contributed by atoms with Crippen molar-refractivity contribution in [3.8, 4) is 17.2 Å². The number of amides is 2. The lowest BCUT2D eigenvalue weighted by Gasteiger charge is -2.33. The van der Waals surface area contributed by atoms with Crippen LogP contribution < -0.4 is 5.32 Å². The normalized spacial score (nSPS) is 14.3. The van der Waals surface area contributed by atoms with Crippen LogP contribution in [-0.4, -0.2) is 42.4 Å². The lowest BCUT2D eigenvalue weighted by atomic mass is 9.98. The molecule has 1 fully saturated rings. The fourth-order valence-electron chi connectivity index (χ4n) is 3.54. The molecule has 1 heterocycles. The van der Waals surface area contributed by atoms with E-state index in [9.17, 15) is 14.0 Å². The topological polar surface area (TPSA) is 91.7 Å². The number of nitrogens with zero attached hydrogens (tertiary/aromatic N) is 2. The number of likely N-dealkylation sites (tertiary alicyclic amines) is 1. The van der Waals surface area contributed by atoms with Crippen LogP contribution in [0.3, 0.4) is 0 Å². The van der Waals surface area contributed by atoms with Crippen LogP contribution in [0, 0.1) is 23.1 Å². The van der Waals surface area contributed by atoms with E-state index in [1.165, 1.54) is 18.2 Å². The molecule has 1 saturated heterocycles. The monoisotopic (exact) mass is 453 g/mol. The van der Waals surface area contributed by atoms with Crippen LogP contribution in [0.1, 0.15) is 39.2 Å². The molecule has 0 aliphatic carbocycles. The minimum absolute atomic E-state index is 0.139. The molecule has 0 aromatic heterocycles. The van der Waals surface area contributed by atoms with Crippen LogP contribution >= 0.6 is 0 Å². The number of carbonyl (C=O) groups excluding carboxylic acids is 2. The van der Waals surface area contributed by atoms with E-state index in [4.69, 9.17) is 14.7 Å². The highest BCUT2D eigenvalue weighted by molar-refractivity contribution is 5.91. The van der Waals surface area contributed by atoms with Gasteiger partial charge in [0.2, 0.25) is 0 Å². The number of nitrogens with one attached hydrogen (secondary N) is 1. The molecule has 1 aliphatic rings. The highest BCUT2D eigenvalue weighted by Crippen LogP contribution is 2.29. The third-order valence-corrected chi connectivity index (χ3v) is 5.26. The standard InChI is InChI=1S/C25H28FN3O4/c1-25(2,3)33-24(31)29-12-10-18(11-13-29)16-32-23(30)28-22-9-8-20(26)14-21(22)19-6-4-17(15-27)5-7-19/h4-9,14,18H,10-13,16H2,1-3H3,(H,28,30). The van der Waals surface area contributed by atoms with E-state index in [0.29, 0.717) is 48.3 Å². The summed E-state index contributed by atoms with van der Waals surface area (Å²) in [6, 6.07) is 12.8. The second-order valence-electron chi connectivity index (χ2n) is 9.01. The minimum Gasteiger partial charge on any atom is -0.449 e. The maximum Gasteiger partial charge on any atom is 0.411 e. The van der Waals surface area contributed by atoms with E-state index in [1.54, 1.807) is 29.2 Å². The largest absolute Gasteiger partial charge is 0.449 e. The van der Waals surface area contributed by atoms with Gasteiger partial charge in [-0.05, 0) is 75.4 Å². The number of carbonyl (C=O) groups is 2. The first-order valence-corrected chi connectivity index (χ1v) is 10.9. The molecule has 0 saturated carbocycles. The number of rotatable bonds is 4. The van der Waals surface area contributed by atoms with E-state index >= 15 is 0 Å². The predicted molar refractivity (Wildman–Crippen MR) is 122 cm³/mol. The molecule has 0 atom stereocenters. The Kier molecular flexibility index (Phi) is 7.54. The van der Waals surface area contributed by atoms with Crippen molar-refractivity contribution >= 4 is 17.9 Å². The van der Waals surface area contributed by atoms with Gasteiger partial charge in [0.1, 0.15) is 11.4 Å². The summed E-state index contributed by atoms with van der Waals surface area (Å²) in [6.07, 6.45) is 0.455. The molecule has 2 amide bonds. The predicted octanol–water partition coefficient (Wildman–Crippen LogP) is 5.56. The van der Waals surface area contributed by atoms with Crippen molar-refractivity contribution in [3.05, 3.63) is 53.8 Å². The van der Waals surface area contributed by atoms with E-state index in [1.807, 2.05) is 26.8 Å². The second-order valence-corrected chi connectivity index (χ2v) is 9.01. The van der Waals surface area contributed by atoms with Gasteiger partial charge in [0.25, 0.3) is 0 Å². The van der Waals surface area contributed by atoms with Crippen molar-refractivity contribution < 1.29 is 23.5 Å². The zero-order valence-corrected chi connectivity index (χ0v) is 19.1. The molecule has 2 aromatic rings. The van der Waals surface area contributed by atoms with Crippen LogP contribution in [0.15, 0.2) is 42.5 Å². The molecular weight excluding hydrogens is 425 g/mol. The number of benzene rings is 2. The maximum atomic E-state index is 13.9. The Balaban J connectivity index is 1.54. The average Bonchev–Trinajstić information content (AvgIpc) is 2.78. The number of halogens is 1. The van der Waals surface area contributed by atoms with Gasteiger partial charge in [-0.2, -0.15) is 5.26 Å². The highest BCUT2D eigenvalue weighted by Gasteiger charge is 2.27. The van der Waals surface area contributed by atoms with E-state index in [0.717, 1.165) is 0 Å². The summed E-state index contributed by atoms with van der Waals surface area (Å²) in [4.78, 5) is 26.2. The highest BCUT2D eigenvalue weighted by atomic mass is 19.1. The molecule has 7 nitrogen and oxygen atoms in total. The SMILES string of the molecule is CC(C)(C)OC(=O)N1CCC(COC(=O)Nc2ccc(F)cc2-c2ccc(C#N)cc2)CC1. The van der Waals surface area contributed by atoms with Crippen molar-refractivity contribution in [2.24, 2.45) is 5.92 Å². The van der Waals surface area contributed by atoms with Gasteiger partial charge < -0.3 is 14.4 Å². The molecule has 3 rings (SSSR count). The quantitative estimate of drug-likeness (QED) is 0.654. The summed E-state index contributed by atoms with van der Waals surface area (Å²) in [7, 11) is 0. The summed E-state index contributed by atoms with van der Waals surface area (Å²) >= 11 is 0. The second kappa shape index (κ2) is 10.3. The Morgan fingerprint density at radius 2 is 1.82 bits per heavy atom. The number of hydrogen-bond acceptors (Lipinski definition) is 5. The van der Waals surface area contributed by atoms with Crippen LogP contribution in [0.25, 0.3) is 11.1 Å². The van der Waals surface area contributed by atoms with Gasteiger partial charge >= 0.3 is 12.2 Å². The van der Waals surface area contributed by atoms with Crippen molar-refractivity contribution in [2.75, 3.05) is 25.0 Å². The Bertz CT molecular complexity index is 1030. The van der Waals surface area contributed by atoms with Crippen molar-refractivity contribution in [1.29, 1.82) is 5.26 Å². The Morgan fingerprint density at radius 1 is 1.15 bits per heavy atom. The molecule has 0 spiro atoms. The Hall–Kier alpha value is -3.60. The van der Waals surface area contributed by atoms with Crippen LogP contribution in [0.5, 0.6) is 0 Å². The number of ether oxygens (including phenoxy) is 2. The third-order valence-electron chi connectivity index (χ3n) is 5.26. The summed E-state index contributed by atoms with van der Waals surface area (Å²) < 4.78 is 24.6. The lowest BCUT2D eigenvalue weighted by molar-refractivity contribution is 0.0153. The van der Waals surface area contributed by atoms with Gasteiger partial charge in [-0.25, -0.2) is 14.0 Å². The minimum atomic E-state index is -0.633. The molecule has 0 bridgehead atoms. The van der Waals surface area contributed by atoms with Crippen molar-refractivity contribution in [3.63, 3.8) is 0 Å². The molecule has 0 unspecified atom stereocenters. The van der Waals surface area contributed by atoms with Crippen LogP contribution in [0.2, 0.25) is 0 Å². The molecule has 1 aliphatic heterocycles. The number of nitriles is 1. The number of anilines is 1. The van der Waals surface area contributed by atoms with Gasteiger partial charge in [0.05, 0.1) is 23.9 Å². The van der Waals surface area contributed by atoms with Crippen LogP contribution in [-0.2, 0) is 9.47 Å². The Morgan fingerprint density at radius 3 is 2.42 bits per heavy atom. The van der Waals surface area contributed by atoms with E-state index in [-0.39, 0.29) is 18.6 Å². The first-order valence-electron chi connectivity index (χ1n) is 10.9. The van der Waals surface area contributed by atoms with Gasteiger partial charge in [0.15, 0.2) is 0 Å². The molecule has 8 heteroatoms. The van der Waals surface area contributed by atoms with Crippen molar-refractivity contribution in [1.82, 2.24) is 4.90 Å². The lowest BCUT2D eigenvalue weighted by Crippen LogP contribution is -2.42. The van der Waals surface area contributed by atoms with Gasteiger partial charge in [-0.15, -0.1) is 0 Å². The molecule has 2 aromatic carbocycles. The van der Waals surface area contributed by atoms with Gasteiger partial charge in [-0.3, -0.25) is 5.32 Å². The zero-order chi connectivity index (χ0) is 24.0. The van der Waals surface area contributed by atoms with Gasteiger partial charge in [-0.1, -0.05) is 12.1 Å². The molecular formula is C25H28FN3O4. The molecule has 174 valence electrons. The summed E-state index contributed by atoms with van der Waals surface area (Å²) in [5.74, 6) is -0.300. The van der Waals surface area contributed by atoms with E-state index < -0.39 is 17.5 Å². The Labute approximate surface area is 193 Å². The first kappa shape index (κ1) is 24.1. The van der Waals surface area contributed by atoms with E-state index in [2.05, 4.69) is 5.32 Å². The number of hydrogen-bond donors (Lipinski definition) is 1. The fourth-order valence-corrected chi connectivity index (χ4v) is 3.54. The average molecular weight is 454 g/mol. The smallest absolute Gasteiger partial charge is 0.411 e. The maximum absolute atomic E-state index is 13.9.